The van der Waals surface area contributed by atoms with Crippen LogP contribution in [0.4, 0.5) is 10.5 Å². The van der Waals surface area contributed by atoms with Gasteiger partial charge < -0.3 is 15.0 Å². The first-order chi connectivity index (χ1) is 10.1. The van der Waals surface area contributed by atoms with Gasteiger partial charge in [-0.2, -0.15) is 0 Å². The lowest BCUT2D eigenvalue weighted by molar-refractivity contribution is 0.00857. The monoisotopic (exact) mass is 308 g/mol. The zero-order chi connectivity index (χ0) is 15.2. The van der Waals surface area contributed by atoms with Crippen molar-refractivity contribution in [3.63, 3.8) is 0 Å². The number of thioether (sulfide) groups is 1. The maximum atomic E-state index is 12.5. The highest BCUT2D eigenvalue weighted by Gasteiger charge is 2.27. The number of benzene rings is 1. The lowest BCUT2D eigenvalue weighted by atomic mass is 10.0. The molecule has 0 radical (unpaired) electrons. The minimum absolute atomic E-state index is 0.0257. The second-order valence-electron chi connectivity index (χ2n) is 5.71. The number of rotatable bonds is 4. The molecule has 2 rings (SSSR count). The summed E-state index contributed by atoms with van der Waals surface area (Å²) >= 11 is 1.67. The van der Waals surface area contributed by atoms with Crippen molar-refractivity contribution in [3.05, 3.63) is 24.3 Å². The smallest absolute Gasteiger partial charge is 0.322 e. The van der Waals surface area contributed by atoms with Crippen LogP contribution in [0.15, 0.2) is 29.2 Å². The summed E-state index contributed by atoms with van der Waals surface area (Å²) in [5.74, 6) is 0.548. The minimum atomic E-state index is -0.0257. The molecule has 4 nitrogen and oxygen atoms in total. The highest BCUT2D eigenvalue weighted by Crippen LogP contribution is 2.21. The first-order valence-electron chi connectivity index (χ1n) is 7.39. The number of hydrogen-bond acceptors (Lipinski definition) is 3. The van der Waals surface area contributed by atoms with Crippen molar-refractivity contribution < 1.29 is 9.53 Å². The van der Waals surface area contributed by atoms with E-state index in [0.29, 0.717) is 25.7 Å². The van der Waals surface area contributed by atoms with Crippen LogP contribution in [0.25, 0.3) is 0 Å². The molecule has 1 unspecified atom stereocenters. The van der Waals surface area contributed by atoms with E-state index in [-0.39, 0.29) is 12.1 Å². The molecule has 1 aromatic rings. The van der Waals surface area contributed by atoms with Gasteiger partial charge >= 0.3 is 6.03 Å². The molecule has 0 aromatic heterocycles. The van der Waals surface area contributed by atoms with Crippen molar-refractivity contribution in [2.24, 2.45) is 5.92 Å². The van der Waals surface area contributed by atoms with Gasteiger partial charge in [-0.15, -0.1) is 11.8 Å². The Hall–Kier alpha value is -1.20. The van der Waals surface area contributed by atoms with Crippen molar-refractivity contribution in [2.75, 3.05) is 31.3 Å². The van der Waals surface area contributed by atoms with Crippen LogP contribution in [0, 0.1) is 5.92 Å². The summed E-state index contributed by atoms with van der Waals surface area (Å²) < 4.78 is 5.53. The fraction of sp³-hybridized carbons (Fsp3) is 0.562. The molecule has 1 atom stereocenters. The number of nitrogens with zero attached hydrogens (tertiary/aromatic N) is 1. The fourth-order valence-corrected chi connectivity index (χ4v) is 3.02. The Morgan fingerprint density at radius 2 is 2.33 bits per heavy atom. The Kier molecular flexibility index (Phi) is 5.94. The number of amides is 2. The topological polar surface area (TPSA) is 41.6 Å². The second kappa shape index (κ2) is 7.71. The molecule has 21 heavy (non-hydrogen) atoms. The van der Waals surface area contributed by atoms with Gasteiger partial charge in [0.1, 0.15) is 0 Å². The van der Waals surface area contributed by atoms with Crippen LogP contribution in [0.3, 0.4) is 0 Å². The van der Waals surface area contributed by atoms with Crippen molar-refractivity contribution >= 4 is 23.5 Å². The van der Waals surface area contributed by atoms with Crippen molar-refractivity contribution in [1.29, 1.82) is 0 Å². The predicted molar refractivity (Wildman–Crippen MR) is 88.0 cm³/mol. The van der Waals surface area contributed by atoms with Crippen LogP contribution in [0.1, 0.15) is 20.3 Å². The van der Waals surface area contributed by atoms with E-state index in [9.17, 15) is 4.79 Å². The predicted octanol–water partition coefficient (Wildman–Crippen LogP) is 3.69. The molecule has 1 aliphatic heterocycles. The van der Waals surface area contributed by atoms with Crippen LogP contribution in [0.5, 0.6) is 0 Å². The maximum absolute atomic E-state index is 12.5. The molecule has 5 heteroatoms. The molecule has 1 N–H and O–H groups in total. The van der Waals surface area contributed by atoms with Crippen molar-refractivity contribution in [1.82, 2.24) is 4.90 Å². The van der Waals surface area contributed by atoms with Gasteiger partial charge in [0.05, 0.1) is 19.3 Å². The van der Waals surface area contributed by atoms with Gasteiger partial charge in [-0.25, -0.2) is 4.79 Å². The van der Waals surface area contributed by atoms with Crippen LogP contribution in [-0.2, 0) is 4.74 Å². The van der Waals surface area contributed by atoms with E-state index in [0.717, 1.165) is 17.0 Å². The van der Waals surface area contributed by atoms with Crippen LogP contribution in [-0.4, -0.2) is 43.0 Å². The van der Waals surface area contributed by atoms with Gasteiger partial charge in [0.2, 0.25) is 0 Å². The van der Waals surface area contributed by atoms with Crippen LogP contribution in [0.2, 0.25) is 0 Å². The normalized spacial score (nSPS) is 18.9. The summed E-state index contributed by atoms with van der Waals surface area (Å²) in [6.45, 7) is 6.26. The number of morpholine rings is 1. The molecule has 1 fully saturated rings. The number of nitrogens with one attached hydrogen (secondary N) is 1. The third kappa shape index (κ3) is 4.64. The number of carbonyl (C=O) groups is 1. The molecule has 0 aliphatic carbocycles. The minimum Gasteiger partial charge on any atom is -0.377 e. The SMILES string of the molecule is CSc1cccc(NC(=O)N2CCOCC2CC(C)C)c1. The molecule has 0 saturated carbocycles. The lowest BCUT2D eigenvalue weighted by Gasteiger charge is -2.36. The van der Waals surface area contributed by atoms with E-state index in [1.54, 1.807) is 11.8 Å². The summed E-state index contributed by atoms with van der Waals surface area (Å²) in [5.41, 5.74) is 0.849. The summed E-state index contributed by atoms with van der Waals surface area (Å²) in [7, 11) is 0. The number of hydrogen-bond donors (Lipinski definition) is 1. The van der Waals surface area contributed by atoms with E-state index in [1.165, 1.54) is 0 Å². The molecule has 1 heterocycles. The first-order valence-corrected chi connectivity index (χ1v) is 8.62. The van der Waals surface area contributed by atoms with Gasteiger partial charge in [0, 0.05) is 17.1 Å². The van der Waals surface area contributed by atoms with E-state index >= 15 is 0 Å². The summed E-state index contributed by atoms with van der Waals surface area (Å²) in [5, 5.41) is 3.01. The molecular weight excluding hydrogens is 284 g/mol. The zero-order valence-electron chi connectivity index (χ0n) is 13.0. The highest BCUT2D eigenvalue weighted by atomic mass is 32.2. The number of urea groups is 1. The van der Waals surface area contributed by atoms with E-state index in [2.05, 4.69) is 19.2 Å². The molecule has 1 saturated heterocycles. The Labute approximate surface area is 131 Å². The highest BCUT2D eigenvalue weighted by molar-refractivity contribution is 7.98. The Balaban J connectivity index is 2.02. The number of anilines is 1. The molecule has 1 aromatic carbocycles. The Bertz CT molecular complexity index is 479. The second-order valence-corrected chi connectivity index (χ2v) is 6.59. The standard InChI is InChI=1S/C16H24N2O2S/c1-12(2)9-14-11-20-8-7-18(14)16(19)17-13-5-4-6-15(10-13)21-3/h4-6,10,12,14H,7-9,11H2,1-3H3,(H,17,19). The molecule has 1 aliphatic rings. The Morgan fingerprint density at radius 3 is 3.05 bits per heavy atom. The van der Waals surface area contributed by atoms with Gasteiger partial charge in [-0.05, 0) is 36.8 Å². The van der Waals surface area contributed by atoms with Crippen molar-refractivity contribution in [2.45, 2.75) is 31.2 Å². The summed E-state index contributed by atoms with van der Waals surface area (Å²) in [4.78, 5) is 15.6. The van der Waals surface area contributed by atoms with E-state index in [1.807, 2.05) is 35.4 Å². The maximum Gasteiger partial charge on any atom is 0.322 e. The van der Waals surface area contributed by atoms with Gasteiger partial charge in [0.25, 0.3) is 0 Å². The first kappa shape index (κ1) is 16.2. The third-order valence-corrected chi connectivity index (χ3v) is 4.28. The quantitative estimate of drug-likeness (QED) is 0.863. The van der Waals surface area contributed by atoms with Gasteiger partial charge in [-0.3, -0.25) is 0 Å². The Morgan fingerprint density at radius 1 is 1.52 bits per heavy atom. The van der Waals surface area contributed by atoms with E-state index in [4.69, 9.17) is 4.74 Å². The zero-order valence-corrected chi connectivity index (χ0v) is 13.8. The molecule has 2 amide bonds. The average molecular weight is 308 g/mol. The van der Waals surface area contributed by atoms with Gasteiger partial charge in [-0.1, -0.05) is 19.9 Å². The summed E-state index contributed by atoms with van der Waals surface area (Å²) in [6.07, 6.45) is 3.00. The largest absolute Gasteiger partial charge is 0.377 e. The average Bonchev–Trinajstić information content (AvgIpc) is 2.47. The van der Waals surface area contributed by atoms with Crippen LogP contribution >= 0.6 is 11.8 Å². The molecule has 0 bridgehead atoms. The van der Waals surface area contributed by atoms with Crippen LogP contribution < -0.4 is 5.32 Å². The molecular formula is C16H24N2O2S. The fourth-order valence-electron chi connectivity index (χ4n) is 2.56. The molecule has 116 valence electrons. The summed E-state index contributed by atoms with van der Waals surface area (Å²) in [6, 6.07) is 8.07. The number of carbonyl (C=O) groups excluding carboxylic acids is 1. The third-order valence-electron chi connectivity index (χ3n) is 3.55. The molecule has 0 spiro atoms. The van der Waals surface area contributed by atoms with Crippen molar-refractivity contribution in [3.8, 4) is 0 Å². The van der Waals surface area contributed by atoms with E-state index < -0.39 is 0 Å². The van der Waals surface area contributed by atoms with Gasteiger partial charge in [0.15, 0.2) is 0 Å². The lowest BCUT2D eigenvalue weighted by Crippen LogP contribution is -2.50. The number of ether oxygens (including phenoxy) is 1.